The third kappa shape index (κ3) is 7.08. The van der Waals surface area contributed by atoms with E-state index in [2.05, 4.69) is 75.6 Å². The number of carbonyl (C=O) groups is 1. The highest BCUT2D eigenvalue weighted by Crippen LogP contribution is 2.49. The largest absolute Gasteiger partial charge is 0.384 e. The van der Waals surface area contributed by atoms with Crippen LogP contribution in [-0.2, 0) is 40.6 Å². The minimum Gasteiger partial charge on any atom is -0.384 e. The van der Waals surface area contributed by atoms with Crippen LogP contribution in [0.25, 0.3) is 27.2 Å². The number of amides is 1. The average Bonchev–Trinajstić information content (AvgIpc) is 3.85. The molecule has 4 N–H and O–H groups in total. The second kappa shape index (κ2) is 16.9. The van der Waals surface area contributed by atoms with E-state index in [1.165, 1.54) is 4.57 Å². The molecule has 0 spiro atoms. The van der Waals surface area contributed by atoms with Gasteiger partial charge in [0.1, 0.15) is 39.9 Å². The number of nitrogens with one attached hydrogen (secondary N) is 4. The summed E-state index contributed by atoms with van der Waals surface area (Å²) < 4.78 is 1.43. The molecule has 8 rings (SSSR count). The number of piperidine rings is 1. The Hall–Kier alpha value is -7.43. The molecule has 2 aromatic heterocycles. The summed E-state index contributed by atoms with van der Waals surface area (Å²) in [5.74, 6) is 9.63. The quantitative estimate of drug-likeness (QED) is 0.120. The topological polar surface area (TPSA) is 189 Å². The fraction of sp³-hybridized carbons (Fsp3) is 0.333. The van der Waals surface area contributed by atoms with Gasteiger partial charge in [-0.1, -0.05) is 39.0 Å². The molecule has 1 unspecified atom stereocenters. The van der Waals surface area contributed by atoms with Crippen LogP contribution in [-0.4, -0.2) is 95.9 Å². The summed E-state index contributed by atoms with van der Waals surface area (Å²) in [6, 6.07) is 16.5. The number of nitriles is 1. The molecule has 0 saturated carbocycles. The molecule has 62 heavy (non-hydrogen) atoms. The van der Waals surface area contributed by atoms with Crippen LogP contribution in [0, 0.1) is 11.3 Å². The first-order valence-corrected chi connectivity index (χ1v) is 20.8. The van der Waals surface area contributed by atoms with Gasteiger partial charge in [0.15, 0.2) is 11.9 Å². The third-order valence-corrected chi connectivity index (χ3v) is 12.6. The average molecular weight is 829 g/mol. The lowest BCUT2D eigenvalue weighted by molar-refractivity contribution is -0.122. The minimum absolute atomic E-state index is 0.0100. The van der Waals surface area contributed by atoms with E-state index >= 15 is 0 Å². The normalized spacial score (nSPS) is 16.8. The molecule has 1 amide bonds. The molecular formula is C48H44N8O6. The van der Waals surface area contributed by atoms with Crippen LogP contribution in [0.5, 0.6) is 0 Å². The lowest BCUT2D eigenvalue weighted by atomic mass is 9.69. The van der Waals surface area contributed by atoms with Crippen molar-refractivity contribution in [3.8, 4) is 6.07 Å². The van der Waals surface area contributed by atoms with Crippen LogP contribution in [0.2, 0.25) is 0 Å². The smallest absolute Gasteiger partial charge is 0.234 e. The van der Waals surface area contributed by atoms with Crippen molar-refractivity contribution in [2.75, 3.05) is 56.0 Å². The number of benzene rings is 3. The van der Waals surface area contributed by atoms with Gasteiger partial charge in [0.25, 0.3) is 0 Å². The number of rotatable bonds is 10. The number of nitrogens with zero attached hydrogens (tertiary/aromatic N) is 4. The lowest BCUT2D eigenvalue weighted by Gasteiger charge is -2.39. The monoisotopic (exact) mass is 828 g/mol. The van der Waals surface area contributed by atoms with Crippen molar-refractivity contribution in [2.24, 2.45) is 0 Å². The molecule has 2 saturated heterocycles. The Kier molecular flexibility index (Phi) is 11.3. The highest BCUT2D eigenvalue weighted by atomic mass is 16.2. The van der Waals surface area contributed by atoms with Crippen molar-refractivity contribution in [1.82, 2.24) is 25.1 Å². The maximum atomic E-state index is 13.1. The molecule has 0 radical (unpaired) electrons. The minimum atomic E-state index is -0.756. The lowest BCUT2D eigenvalue weighted by Crippen LogP contribution is -2.50. The van der Waals surface area contributed by atoms with Gasteiger partial charge in [0.2, 0.25) is 5.91 Å². The van der Waals surface area contributed by atoms with Crippen molar-refractivity contribution in [3.63, 3.8) is 0 Å². The first kappa shape index (κ1) is 41.3. The Balaban J connectivity index is 0.888. The van der Waals surface area contributed by atoms with E-state index in [-0.39, 0.29) is 47.4 Å². The molecule has 14 heteroatoms. The van der Waals surface area contributed by atoms with Gasteiger partial charge < -0.3 is 30.4 Å². The molecule has 5 aromatic rings. The number of piperazine rings is 1. The molecule has 2 aliphatic heterocycles. The van der Waals surface area contributed by atoms with E-state index in [0.717, 1.165) is 64.0 Å². The molecule has 2 fully saturated rings. The zero-order chi connectivity index (χ0) is 43.7. The number of allylic oxidation sites excluding steroid dienone is 2. The van der Waals surface area contributed by atoms with E-state index < -0.39 is 11.5 Å². The van der Waals surface area contributed by atoms with Gasteiger partial charge in [-0.2, -0.15) is 5.26 Å². The second-order valence-electron chi connectivity index (χ2n) is 16.4. The van der Waals surface area contributed by atoms with E-state index in [0.29, 0.717) is 60.2 Å². The van der Waals surface area contributed by atoms with Crippen LogP contribution in [0.3, 0.4) is 0 Å². The van der Waals surface area contributed by atoms with Crippen LogP contribution < -0.4 is 31.5 Å². The summed E-state index contributed by atoms with van der Waals surface area (Å²) in [4.78, 5) is 81.5. The number of fused-ring (bicyclic) bond motifs is 5. The summed E-state index contributed by atoms with van der Waals surface area (Å²) in [5, 5.41) is 20.5. The first-order valence-electron chi connectivity index (χ1n) is 20.8. The van der Waals surface area contributed by atoms with Gasteiger partial charge in [-0.05, 0) is 66.3 Å². The summed E-state index contributed by atoms with van der Waals surface area (Å²) in [7, 11) is 0. The zero-order valence-corrected chi connectivity index (χ0v) is 34.7. The Morgan fingerprint density at radius 3 is 2.39 bits per heavy atom. The van der Waals surface area contributed by atoms with E-state index in [9.17, 15) is 34.0 Å². The summed E-state index contributed by atoms with van der Waals surface area (Å²) in [6.45, 7) is 10.4. The summed E-state index contributed by atoms with van der Waals surface area (Å²) in [5.41, 5.74) is 8.16. The number of aromatic amines is 1. The molecule has 0 bridgehead atoms. The molecule has 14 nitrogen and oxygen atoms in total. The molecule has 3 aromatic carbocycles. The Labute approximate surface area is 356 Å². The number of H-pyrrole nitrogens is 1. The molecule has 1 aliphatic carbocycles. The maximum absolute atomic E-state index is 13.1. The standard InChI is InChI=1S/C48H44N8O6/c1-4-30-20-34-35(25-58)45-32-11-9-29(22-49)19-38(32)53-47(45)48(2,3)36(34)21-41(30)55-17-15-54(16-18-55)23-44(62)51-14-6-13-50-37-8-5-7-33-42(27-60)56(43(28-61)46(33)37)40-12-10-31(24-57)52-39(40)26-59/h5,7-9,11,19-21,40,50,52-53H,4,6,10,12-18,23H2,1-3H3,(H,51,62). The van der Waals surface area contributed by atoms with Crippen LogP contribution in [0.4, 0.5) is 11.4 Å². The van der Waals surface area contributed by atoms with Crippen molar-refractivity contribution in [1.29, 1.82) is 5.26 Å². The van der Waals surface area contributed by atoms with Gasteiger partial charge in [-0.3, -0.25) is 9.69 Å². The molecular weight excluding hydrogens is 785 g/mol. The maximum Gasteiger partial charge on any atom is 0.234 e. The van der Waals surface area contributed by atoms with E-state index in [1.807, 2.05) is 24.0 Å². The summed E-state index contributed by atoms with van der Waals surface area (Å²) >= 11 is 0. The first-order chi connectivity index (χ1) is 30.1. The van der Waals surface area contributed by atoms with Crippen molar-refractivity contribution >= 4 is 74.2 Å². The predicted molar refractivity (Wildman–Crippen MR) is 235 cm³/mol. The van der Waals surface area contributed by atoms with Gasteiger partial charge in [-0.15, -0.1) is 0 Å². The SMILES string of the molecule is CCc1cc2c(cc1N1CCN(CC(=O)NCCCNc3cccc4c(=C=O)n(C5CCC(=C=O)NC5=C=O)c(=C=O)c34)CC1)C(C)(C)c1[nH]c3cc(C#N)ccc3c1C2=C=O. The number of hydrogen-bond acceptors (Lipinski definition) is 11. The highest BCUT2D eigenvalue weighted by Gasteiger charge is 2.39. The Bertz CT molecular complexity index is 3060. The van der Waals surface area contributed by atoms with E-state index in [4.69, 9.17) is 0 Å². The van der Waals surface area contributed by atoms with Gasteiger partial charge in [0, 0.05) is 95.4 Å². The van der Waals surface area contributed by atoms with Gasteiger partial charge >= 0.3 is 0 Å². The predicted octanol–water partition coefficient (Wildman–Crippen LogP) is 2.56. The summed E-state index contributed by atoms with van der Waals surface area (Å²) in [6.07, 6.45) is 1.87. The number of hydrogen-bond donors (Lipinski definition) is 4. The Morgan fingerprint density at radius 1 is 0.903 bits per heavy atom. The number of carbonyl (C=O) groups excluding carboxylic acids is 6. The van der Waals surface area contributed by atoms with Crippen LogP contribution in [0.1, 0.15) is 79.6 Å². The Morgan fingerprint density at radius 2 is 1.69 bits per heavy atom. The van der Waals surface area contributed by atoms with Crippen LogP contribution in [0.15, 0.2) is 59.9 Å². The van der Waals surface area contributed by atoms with Gasteiger partial charge in [0.05, 0.1) is 29.8 Å². The molecule has 312 valence electrons. The van der Waals surface area contributed by atoms with Crippen molar-refractivity contribution < 1.29 is 28.8 Å². The fourth-order valence-electron chi connectivity index (χ4n) is 9.44. The van der Waals surface area contributed by atoms with Crippen LogP contribution >= 0.6 is 0 Å². The zero-order valence-electron chi connectivity index (χ0n) is 34.7. The highest BCUT2D eigenvalue weighted by molar-refractivity contribution is 6.10. The third-order valence-electron chi connectivity index (χ3n) is 12.6. The fourth-order valence-corrected chi connectivity index (χ4v) is 9.44. The van der Waals surface area contributed by atoms with Crippen molar-refractivity contribution in [2.45, 2.75) is 57.9 Å². The second-order valence-corrected chi connectivity index (χ2v) is 16.4. The van der Waals surface area contributed by atoms with E-state index in [1.54, 1.807) is 36.1 Å². The van der Waals surface area contributed by atoms with Crippen molar-refractivity contribution in [3.05, 3.63) is 104 Å². The van der Waals surface area contributed by atoms with Gasteiger partial charge in [-0.25, -0.2) is 24.0 Å². The number of aromatic nitrogens is 2. The molecule has 3 aliphatic rings. The number of anilines is 2. The molecule has 1 atom stereocenters. The number of aryl methyl sites for hydroxylation is 1. The molecule has 4 heterocycles.